The maximum atomic E-state index is 14.4. The number of carboxylic acids is 1. The molecule has 0 aromatic heterocycles. The summed E-state index contributed by atoms with van der Waals surface area (Å²) >= 11 is 0. The summed E-state index contributed by atoms with van der Waals surface area (Å²) in [7, 11) is 0. The van der Waals surface area contributed by atoms with Crippen molar-refractivity contribution in [3.05, 3.63) is 95.6 Å². The maximum absolute atomic E-state index is 14.4. The van der Waals surface area contributed by atoms with E-state index in [1.165, 1.54) is 0 Å². The molecule has 0 radical (unpaired) electrons. The summed E-state index contributed by atoms with van der Waals surface area (Å²) in [6, 6.07) is 20.6. The van der Waals surface area contributed by atoms with Crippen LogP contribution < -0.4 is 16.0 Å². The van der Waals surface area contributed by atoms with E-state index in [4.69, 9.17) is 0 Å². The zero-order valence-corrected chi connectivity index (χ0v) is 28.3. The fourth-order valence-corrected chi connectivity index (χ4v) is 6.88. The van der Waals surface area contributed by atoms with Crippen molar-refractivity contribution in [3.8, 4) is 0 Å². The Morgan fingerprint density at radius 2 is 1.51 bits per heavy atom. The van der Waals surface area contributed by atoms with Gasteiger partial charge in [-0.15, -0.1) is 0 Å². The topological polar surface area (TPSA) is 148 Å². The first-order valence-corrected chi connectivity index (χ1v) is 16.9. The highest BCUT2D eigenvalue weighted by Crippen LogP contribution is 2.43. The zero-order chi connectivity index (χ0) is 35.1. The second kappa shape index (κ2) is 15.4. The average molecular weight is 668 g/mol. The van der Waals surface area contributed by atoms with Crippen LogP contribution in [0.4, 0.5) is 21.0 Å². The summed E-state index contributed by atoms with van der Waals surface area (Å²) in [6.07, 6.45) is 3.37. The van der Waals surface area contributed by atoms with Gasteiger partial charge in [-0.3, -0.25) is 14.4 Å². The summed E-state index contributed by atoms with van der Waals surface area (Å²) in [4.78, 5) is 69.9. The van der Waals surface area contributed by atoms with E-state index in [0.29, 0.717) is 29.8 Å². The number of aryl methyl sites for hydroxylation is 1. The maximum Gasteiger partial charge on any atom is 0.328 e. The fourth-order valence-electron chi connectivity index (χ4n) is 6.88. The van der Waals surface area contributed by atoms with Crippen LogP contribution >= 0.6 is 0 Å². The SMILES string of the molecule is Cc1ccccc1NC(=O)Nc1ccc(CN2C(=O)N(C(CC(C)C)C(=O)NC(CC(=O)O)c3ccccc3)C(=O)C23CCCCC3)cc1. The molecular weight excluding hydrogens is 622 g/mol. The standard InChI is InChI=1S/C38H45N5O6/c1-25(2)22-32(34(46)40-31(23-33(44)45)28-13-6-4-7-14-28)43-35(47)38(20-10-5-11-21-38)42(37(43)49)24-27-16-18-29(19-17-27)39-36(48)41-30-15-9-8-12-26(30)3/h4,6-9,12-19,25,31-32H,5,10-11,20-24H2,1-3H3,(H,40,46)(H,44,45)(H2,39,41,48). The quantitative estimate of drug-likeness (QED) is 0.155. The van der Waals surface area contributed by atoms with Gasteiger partial charge >= 0.3 is 18.0 Å². The number of carbonyl (C=O) groups is 5. The predicted octanol–water partition coefficient (Wildman–Crippen LogP) is 6.85. The molecular formula is C38H45N5O6. The Labute approximate surface area is 287 Å². The molecule has 11 nitrogen and oxygen atoms in total. The number of nitrogens with one attached hydrogen (secondary N) is 3. The highest BCUT2D eigenvalue weighted by Gasteiger charge is 2.59. The first-order valence-electron chi connectivity index (χ1n) is 16.9. The van der Waals surface area contributed by atoms with Crippen LogP contribution in [0.3, 0.4) is 0 Å². The minimum atomic E-state index is -1.11. The first kappa shape index (κ1) is 35.1. The van der Waals surface area contributed by atoms with Crippen molar-refractivity contribution in [2.24, 2.45) is 5.92 Å². The molecule has 258 valence electrons. The lowest BCUT2D eigenvalue weighted by atomic mass is 9.80. The van der Waals surface area contributed by atoms with Gasteiger partial charge < -0.3 is 26.0 Å². The molecule has 1 aliphatic carbocycles. The van der Waals surface area contributed by atoms with Crippen molar-refractivity contribution in [2.75, 3.05) is 10.6 Å². The van der Waals surface area contributed by atoms with Crippen molar-refractivity contribution >= 4 is 41.2 Å². The lowest BCUT2D eigenvalue weighted by Crippen LogP contribution is -2.53. The Morgan fingerprint density at radius 1 is 0.857 bits per heavy atom. The number of carboxylic acid groups (broad SMARTS) is 1. The second-order valence-electron chi connectivity index (χ2n) is 13.4. The molecule has 2 unspecified atom stereocenters. The molecule has 5 rings (SSSR count). The number of amides is 6. The normalized spacial score (nSPS) is 16.8. The number of nitrogens with zero attached hydrogens (tertiary/aromatic N) is 2. The van der Waals surface area contributed by atoms with Crippen LogP contribution in [0.5, 0.6) is 0 Å². The molecule has 4 N–H and O–H groups in total. The van der Waals surface area contributed by atoms with E-state index < -0.39 is 35.5 Å². The molecule has 1 heterocycles. The Bertz CT molecular complexity index is 1670. The van der Waals surface area contributed by atoms with E-state index in [1.807, 2.05) is 57.2 Å². The van der Waals surface area contributed by atoms with Gasteiger partial charge in [0, 0.05) is 17.9 Å². The van der Waals surface area contributed by atoms with Crippen LogP contribution in [0, 0.1) is 12.8 Å². The van der Waals surface area contributed by atoms with E-state index in [9.17, 15) is 29.1 Å². The lowest BCUT2D eigenvalue weighted by Gasteiger charge is -2.38. The second-order valence-corrected chi connectivity index (χ2v) is 13.4. The number of rotatable bonds is 12. The van der Waals surface area contributed by atoms with Gasteiger partial charge in [0.05, 0.1) is 12.5 Å². The van der Waals surface area contributed by atoms with Gasteiger partial charge in [0.1, 0.15) is 11.6 Å². The predicted molar refractivity (Wildman–Crippen MR) is 187 cm³/mol. The third kappa shape index (κ3) is 8.10. The zero-order valence-electron chi connectivity index (χ0n) is 28.3. The van der Waals surface area contributed by atoms with Crippen LogP contribution in [0.1, 0.15) is 81.5 Å². The summed E-state index contributed by atoms with van der Waals surface area (Å²) in [6.45, 7) is 5.90. The van der Waals surface area contributed by atoms with E-state index >= 15 is 0 Å². The average Bonchev–Trinajstić information content (AvgIpc) is 3.26. The van der Waals surface area contributed by atoms with Crippen LogP contribution in [0.25, 0.3) is 0 Å². The molecule has 1 saturated carbocycles. The van der Waals surface area contributed by atoms with Gasteiger partial charge in [-0.25, -0.2) is 14.5 Å². The number of benzene rings is 3. The smallest absolute Gasteiger partial charge is 0.328 e. The summed E-state index contributed by atoms with van der Waals surface area (Å²) in [5.74, 6) is -2.05. The molecule has 1 saturated heterocycles. The van der Waals surface area contributed by atoms with Gasteiger partial charge in [0.15, 0.2) is 0 Å². The largest absolute Gasteiger partial charge is 0.481 e. The summed E-state index contributed by atoms with van der Waals surface area (Å²) in [5, 5.41) is 18.1. The molecule has 11 heteroatoms. The number of aliphatic carboxylic acids is 1. The van der Waals surface area contributed by atoms with Gasteiger partial charge in [0.25, 0.3) is 5.91 Å². The number of anilines is 2. The molecule has 3 aromatic carbocycles. The lowest BCUT2D eigenvalue weighted by molar-refractivity contribution is -0.142. The third-order valence-electron chi connectivity index (χ3n) is 9.40. The monoisotopic (exact) mass is 667 g/mol. The Hall–Kier alpha value is -5.19. The number of urea groups is 2. The Kier molecular flexibility index (Phi) is 11.0. The van der Waals surface area contributed by atoms with E-state index in [1.54, 1.807) is 47.4 Å². The molecule has 0 bridgehead atoms. The minimum Gasteiger partial charge on any atom is -0.481 e. The van der Waals surface area contributed by atoms with Crippen LogP contribution in [0.15, 0.2) is 78.9 Å². The van der Waals surface area contributed by atoms with Gasteiger partial charge in [-0.1, -0.05) is 93.8 Å². The van der Waals surface area contributed by atoms with E-state index in [0.717, 1.165) is 35.3 Å². The van der Waals surface area contributed by atoms with Crippen molar-refractivity contribution in [1.82, 2.24) is 15.1 Å². The van der Waals surface area contributed by atoms with Crippen molar-refractivity contribution < 1.29 is 29.1 Å². The highest BCUT2D eigenvalue weighted by molar-refractivity contribution is 6.10. The van der Waals surface area contributed by atoms with E-state index in [-0.39, 0.29) is 37.2 Å². The highest BCUT2D eigenvalue weighted by atomic mass is 16.4. The molecule has 3 aromatic rings. The fraction of sp³-hybridized carbons (Fsp3) is 0.395. The third-order valence-corrected chi connectivity index (χ3v) is 9.40. The molecule has 2 fully saturated rings. The number of imide groups is 1. The molecule has 1 aliphatic heterocycles. The summed E-state index contributed by atoms with van der Waals surface area (Å²) < 4.78 is 0. The molecule has 49 heavy (non-hydrogen) atoms. The Morgan fingerprint density at radius 3 is 2.14 bits per heavy atom. The van der Waals surface area contributed by atoms with Crippen molar-refractivity contribution in [1.29, 1.82) is 0 Å². The van der Waals surface area contributed by atoms with Crippen molar-refractivity contribution in [2.45, 2.75) is 89.9 Å². The minimum absolute atomic E-state index is 0.0367. The van der Waals surface area contributed by atoms with Gasteiger partial charge in [-0.05, 0) is 67.0 Å². The number of hydrogen-bond donors (Lipinski definition) is 4. The molecule has 1 spiro atoms. The summed E-state index contributed by atoms with van der Waals surface area (Å²) in [5.41, 5.74) is 2.53. The van der Waals surface area contributed by atoms with Crippen LogP contribution in [-0.4, -0.2) is 56.3 Å². The van der Waals surface area contributed by atoms with Crippen LogP contribution in [-0.2, 0) is 20.9 Å². The molecule has 2 atom stereocenters. The van der Waals surface area contributed by atoms with Crippen molar-refractivity contribution in [3.63, 3.8) is 0 Å². The number of carbonyl (C=O) groups excluding carboxylic acids is 4. The number of para-hydroxylation sites is 1. The van der Waals surface area contributed by atoms with Crippen LogP contribution in [0.2, 0.25) is 0 Å². The Balaban J connectivity index is 1.37. The van der Waals surface area contributed by atoms with Gasteiger partial charge in [0.2, 0.25) is 5.91 Å². The first-order chi connectivity index (χ1) is 23.5. The van der Waals surface area contributed by atoms with E-state index in [2.05, 4.69) is 16.0 Å². The number of hydrogen-bond acceptors (Lipinski definition) is 5. The molecule has 6 amide bonds. The molecule has 2 aliphatic rings. The van der Waals surface area contributed by atoms with Gasteiger partial charge in [-0.2, -0.15) is 0 Å².